The second kappa shape index (κ2) is 7.42. The van der Waals surface area contributed by atoms with Gasteiger partial charge in [0.25, 0.3) is 0 Å². The monoisotopic (exact) mass is 309 g/mol. The third-order valence-electron chi connectivity index (χ3n) is 4.56. The smallest absolute Gasteiger partial charge is 0.225 e. The lowest BCUT2D eigenvalue weighted by Crippen LogP contribution is -2.30. The number of aliphatic hydroxyl groups is 1. The fourth-order valence-electron chi connectivity index (χ4n) is 3.26. The molecule has 2 atom stereocenters. The first-order valence-corrected chi connectivity index (χ1v) is 8.27. The standard InChI is InChI=1S/C20H23NO2/c22-19(18-9-5-2-6-10-18)14-20(23)21-12-11-17(15-21)13-16-7-3-1-4-8-16/h1-10,17,19,22H,11-15H2. The van der Waals surface area contributed by atoms with Gasteiger partial charge in [0.2, 0.25) is 5.91 Å². The summed E-state index contributed by atoms with van der Waals surface area (Å²) in [6, 6.07) is 19.8. The topological polar surface area (TPSA) is 40.5 Å². The van der Waals surface area contributed by atoms with Crippen LogP contribution in [-0.4, -0.2) is 29.0 Å². The Bertz CT molecular complexity index is 627. The Hall–Kier alpha value is -2.13. The summed E-state index contributed by atoms with van der Waals surface area (Å²) in [6.45, 7) is 1.60. The molecule has 1 amide bonds. The molecule has 2 unspecified atom stereocenters. The molecule has 120 valence electrons. The molecule has 1 N–H and O–H groups in total. The Morgan fingerprint density at radius 2 is 1.74 bits per heavy atom. The summed E-state index contributed by atoms with van der Waals surface area (Å²) in [6.07, 6.45) is 1.52. The van der Waals surface area contributed by atoms with Crippen molar-refractivity contribution < 1.29 is 9.90 Å². The van der Waals surface area contributed by atoms with E-state index in [1.165, 1.54) is 5.56 Å². The van der Waals surface area contributed by atoms with E-state index in [0.717, 1.165) is 31.5 Å². The van der Waals surface area contributed by atoms with E-state index in [-0.39, 0.29) is 12.3 Å². The van der Waals surface area contributed by atoms with Crippen LogP contribution >= 0.6 is 0 Å². The number of carbonyl (C=O) groups is 1. The summed E-state index contributed by atoms with van der Waals surface area (Å²) in [5, 5.41) is 10.2. The van der Waals surface area contributed by atoms with Crippen molar-refractivity contribution in [3.63, 3.8) is 0 Å². The van der Waals surface area contributed by atoms with Crippen molar-refractivity contribution in [3.8, 4) is 0 Å². The van der Waals surface area contributed by atoms with E-state index < -0.39 is 6.10 Å². The van der Waals surface area contributed by atoms with Gasteiger partial charge in [-0.3, -0.25) is 4.79 Å². The molecule has 0 aliphatic carbocycles. The molecule has 3 rings (SSSR count). The van der Waals surface area contributed by atoms with Gasteiger partial charge in [0, 0.05) is 13.1 Å². The number of hydrogen-bond acceptors (Lipinski definition) is 2. The van der Waals surface area contributed by atoms with Crippen LogP contribution in [-0.2, 0) is 11.2 Å². The van der Waals surface area contributed by atoms with Crippen molar-refractivity contribution in [1.82, 2.24) is 4.90 Å². The van der Waals surface area contributed by atoms with Gasteiger partial charge in [0.1, 0.15) is 0 Å². The lowest BCUT2D eigenvalue weighted by atomic mass is 9.99. The summed E-state index contributed by atoms with van der Waals surface area (Å²) in [5.74, 6) is 0.576. The average Bonchev–Trinajstić information content (AvgIpc) is 3.05. The van der Waals surface area contributed by atoms with Gasteiger partial charge in [-0.25, -0.2) is 0 Å². The molecule has 1 heterocycles. The number of benzene rings is 2. The molecule has 3 heteroatoms. The highest BCUT2D eigenvalue weighted by Gasteiger charge is 2.27. The summed E-state index contributed by atoms with van der Waals surface area (Å²) < 4.78 is 0. The van der Waals surface area contributed by atoms with Crippen LogP contribution in [0.4, 0.5) is 0 Å². The molecular formula is C20H23NO2. The molecular weight excluding hydrogens is 286 g/mol. The van der Waals surface area contributed by atoms with Crippen molar-refractivity contribution in [1.29, 1.82) is 0 Å². The minimum absolute atomic E-state index is 0.0527. The predicted octanol–water partition coefficient (Wildman–Crippen LogP) is 3.20. The molecule has 2 aromatic rings. The Kier molecular flexibility index (Phi) is 5.09. The van der Waals surface area contributed by atoms with Crippen LogP contribution in [0.2, 0.25) is 0 Å². The van der Waals surface area contributed by atoms with Gasteiger partial charge in [-0.2, -0.15) is 0 Å². The van der Waals surface area contributed by atoms with Crippen LogP contribution in [0.25, 0.3) is 0 Å². The Labute approximate surface area is 137 Å². The fraction of sp³-hybridized carbons (Fsp3) is 0.350. The number of rotatable bonds is 5. The van der Waals surface area contributed by atoms with Gasteiger partial charge in [0.05, 0.1) is 12.5 Å². The maximum atomic E-state index is 12.4. The number of carbonyl (C=O) groups excluding carboxylic acids is 1. The van der Waals surface area contributed by atoms with Gasteiger partial charge in [-0.15, -0.1) is 0 Å². The van der Waals surface area contributed by atoms with Crippen molar-refractivity contribution in [2.45, 2.75) is 25.4 Å². The van der Waals surface area contributed by atoms with E-state index in [2.05, 4.69) is 24.3 Å². The minimum atomic E-state index is -0.711. The van der Waals surface area contributed by atoms with Crippen LogP contribution in [0.5, 0.6) is 0 Å². The molecule has 1 fully saturated rings. The number of likely N-dealkylation sites (tertiary alicyclic amines) is 1. The highest BCUT2D eigenvalue weighted by Crippen LogP contribution is 2.24. The number of aliphatic hydroxyl groups excluding tert-OH is 1. The molecule has 0 bridgehead atoms. The number of hydrogen-bond donors (Lipinski definition) is 1. The van der Waals surface area contributed by atoms with E-state index in [1.54, 1.807) is 0 Å². The molecule has 23 heavy (non-hydrogen) atoms. The lowest BCUT2D eigenvalue weighted by molar-refractivity contribution is -0.132. The predicted molar refractivity (Wildman–Crippen MR) is 90.9 cm³/mol. The molecule has 1 aliphatic heterocycles. The summed E-state index contributed by atoms with van der Waals surface area (Å²) in [4.78, 5) is 14.3. The number of nitrogens with zero attached hydrogens (tertiary/aromatic N) is 1. The van der Waals surface area contributed by atoms with Crippen LogP contribution in [0, 0.1) is 5.92 Å². The Morgan fingerprint density at radius 1 is 1.09 bits per heavy atom. The molecule has 0 saturated carbocycles. The molecule has 0 radical (unpaired) electrons. The third-order valence-corrected chi connectivity index (χ3v) is 4.56. The van der Waals surface area contributed by atoms with Crippen molar-refractivity contribution in [2.75, 3.05) is 13.1 Å². The molecule has 0 aromatic heterocycles. The van der Waals surface area contributed by atoms with E-state index in [9.17, 15) is 9.90 Å². The molecule has 2 aromatic carbocycles. The van der Waals surface area contributed by atoms with E-state index in [0.29, 0.717) is 5.92 Å². The maximum Gasteiger partial charge on any atom is 0.225 e. The highest BCUT2D eigenvalue weighted by atomic mass is 16.3. The van der Waals surface area contributed by atoms with Gasteiger partial charge >= 0.3 is 0 Å². The first-order chi connectivity index (χ1) is 11.2. The molecule has 1 aliphatic rings. The minimum Gasteiger partial charge on any atom is -0.388 e. The van der Waals surface area contributed by atoms with Crippen molar-refractivity contribution >= 4 is 5.91 Å². The van der Waals surface area contributed by atoms with Crippen LogP contribution in [0.1, 0.15) is 30.1 Å². The molecule has 3 nitrogen and oxygen atoms in total. The summed E-state index contributed by atoms with van der Waals surface area (Å²) in [7, 11) is 0. The van der Waals surface area contributed by atoms with Crippen LogP contribution in [0.15, 0.2) is 60.7 Å². The summed E-state index contributed by atoms with van der Waals surface area (Å²) in [5.41, 5.74) is 2.14. The van der Waals surface area contributed by atoms with E-state index in [1.807, 2.05) is 41.3 Å². The SMILES string of the molecule is O=C(CC(O)c1ccccc1)N1CCC(Cc2ccccc2)C1. The zero-order chi connectivity index (χ0) is 16.1. The quantitative estimate of drug-likeness (QED) is 0.921. The van der Waals surface area contributed by atoms with E-state index >= 15 is 0 Å². The van der Waals surface area contributed by atoms with Gasteiger partial charge in [-0.05, 0) is 29.9 Å². The van der Waals surface area contributed by atoms with Crippen molar-refractivity contribution in [2.24, 2.45) is 5.92 Å². The average molecular weight is 309 g/mol. The largest absolute Gasteiger partial charge is 0.388 e. The second-order valence-electron chi connectivity index (χ2n) is 6.31. The lowest BCUT2D eigenvalue weighted by Gasteiger charge is -2.19. The molecule has 1 saturated heterocycles. The number of amides is 1. The fourth-order valence-corrected chi connectivity index (χ4v) is 3.26. The Morgan fingerprint density at radius 3 is 2.43 bits per heavy atom. The third kappa shape index (κ3) is 4.20. The highest BCUT2D eigenvalue weighted by molar-refractivity contribution is 5.77. The van der Waals surface area contributed by atoms with E-state index in [4.69, 9.17) is 0 Å². The van der Waals surface area contributed by atoms with Crippen LogP contribution in [0.3, 0.4) is 0 Å². The van der Waals surface area contributed by atoms with Gasteiger partial charge in [0.15, 0.2) is 0 Å². The zero-order valence-corrected chi connectivity index (χ0v) is 13.3. The Balaban J connectivity index is 1.51. The first-order valence-electron chi connectivity index (χ1n) is 8.27. The zero-order valence-electron chi connectivity index (χ0n) is 13.3. The van der Waals surface area contributed by atoms with Crippen LogP contribution < -0.4 is 0 Å². The first kappa shape index (κ1) is 15.8. The normalized spacial score (nSPS) is 18.8. The summed E-state index contributed by atoms with van der Waals surface area (Å²) >= 11 is 0. The second-order valence-corrected chi connectivity index (χ2v) is 6.31. The maximum absolute atomic E-state index is 12.4. The van der Waals surface area contributed by atoms with Crippen molar-refractivity contribution in [3.05, 3.63) is 71.8 Å². The van der Waals surface area contributed by atoms with Gasteiger partial charge < -0.3 is 10.0 Å². The van der Waals surface area contributed by atoms with Gasteiger partial charge in [-0.1, -0.05) is 60.7 Å². The molecule has 0 spiro atoms.